The number of nitrogens with two attached hydrogens (primary N) is 1. The van der Waals surface area contributed by atoms with Gasteiger partial charge in [0.05, 0.1) is 0 Å². The van der Waals surface area contributed by atoms with Gasteiger partial charge in [0.2, 0.25) is 5.91 Å². The maximum absolute atomic E-state index is 12.4. The molecular weight excluding hydrogens is 478 g/mol. The van der Waals surface area contributed by atoms with Gasteiger partial charge in [-0.15, -0.1) is 0 Å². The zero-order valence-corrected chi connectivity index (χ0v) is 20.9. The van der Waals surface area contributed by atoms with E-state index in [9.17, 15) is 9.90 Å². The van der Waals surface area contributed by atoms with Gasteiger partial charge in [-0.2, -0.15) is 0 Å². The van der Waals surface area contributed by atoms with Crippen LogP contribution in [0.25, 0.3) is 16.8 Å². The molecule has 2 fully saturated rings. The van der Waals surface area contributed by atoms with Crippen LogP contribution < -0.4 is 11.1 Å². The van der Waals surface area contributed by atoms with Crippen molar-refractivity contribution in [1.82, 2.24) is 24.3 Å². The molecular formula is C29H29N7O2. The summed E-state index contributed by atoms with van der Waals surface area (Å²) in [5.74, 6) is 2.83. The van der Waals surface area contributed by atoms with Gasteiger partial charge >= 0.3 is 0 Å². The van der Waals surface area contributed by atoms with Crippen LogP contribution in [-0.2, 0) is 4.79 Å². The molecule has 3 aromatic heterocycles. The van der Waals surface area contributed by atoms with Gasteiger partial charge in [-0.05, 0) is 49.3 Å². The summed E-state index contributed by atoms with van der Waals surface area (Å²) in [6, 6.07) is 11.7. The number of pyridine rings is 1. The van der Waals surface area contributed by atoms with Crippen LogP contribution in [0.1, 0.15) is 67.1 Å². The summed E-state index contributed by atoms with van der Waals surface area (Å²) in [6.45, 7) is 0.623. The fourth-order valence-electron chi connectivity index (χ4n) is 5.71. The first-order valence-electron chi connectivity index (χ1n) is 13.2. The summed E-state index contributed by atoms with van der Waals surface area (Å²) in [7, 11) is 0. The van der Waals surface area contributed by atoms with Crippen molar-refractivity contribution < 1.29 is 9.90 Å². The second-order valence-corrected chi connectivity index (χ2v) is 10.4. The molecule has 3 aliphatic rings. The number of nitrogens with one attached hydrogen (secondary N) is 1. The summed E-state index contributed by atoms with van der Waals surface area (Å²) in [5.41, 5.74) is 11.8. The van der Waals surface area contributed by atoms with Gasteiger partial charge < -0.3 is 21.1 Å². The van der Waals surface area contributed by atoms with Gasteiger partial charge in [0.25, 0.3) is 0 Å². The van der Waals surface area contributed by atoms with E-state index in [1.165, 1.54) is 18.4 Å². The molecule has 4 N–H and O–H groups in total. The molecule has 7 rings (SSSR count). The molecule has 1 aromatic carbocycles. The molecule has 38 heavy (non-hydrogen) atoms. The molecule has 0 radical (unpaired) electrons. The third kappa shape index (κ3) is 3.99. The first-order chi connectivity index (χ1) is 18.5. The zero-order valence-electron chi connectivity index (χ0n) is 20.9. The van der Waals surface area contributed by atoms with E-state index >= 15 is 0 Å². The van der Waals surface area contributed by atoms with E-state index in [4.69, 9.17) is 10.7 Å². The third-order valence-corrected chi connectivity index (χ3v) is 7.90. The van der Waals surface area contributed by atoms with Crippen molar-refractivity contribution in [3.05, 3.63) is 83.7 Å². The Balaban J connectivity index is 1.17. The van der Waals surface area contributed by atoms with Crippen LogP contribution in [-0.4, -0.2) is 41.8 Å². The first-order valence-corrected chi connectivity index (χ1v) is 13.2. The number of rotatable bonds is 6. The summed E-state index contributed by atoms with van der Waals surface area (Å²) in [5, 5.41) is 13.9. The molecule has 5 heterocycles. The molecule has 9 nitrogen and oxygen atoms in total. The number of anilines is 2. The Labute approximate surface area is 220 Å². The van der Waals surface area contributed by atoms with Gasteiger partial charge in [0.1, 0.15) is 28.7 Å². The Kier molecular flexibility index (Phi) is 5.40. The number of imidazole rings is 1. The number of fused-ring (bicyclic) bond motifs is 2. The minimum atomic E-state index is -0.894. The van der Waals surface area contributed by atoms with E-state index in [0.29, 0.717) is 30.5 Å². The first kappa shape index (κ1) is 22.9. The third-order valence-electron chi connectivity index (χ3n) is 7.90. The van der Waals surface area contributed by atoms with Crippen molar-refractivity contribution in [2.45, 2.75) is 50.2 Å². The van der Waals surface area contributed by atoms with Crippen molar-refractivity contribution in [2.75, 3.05) is 17.6 Å². The molecule has 1 amide bonds. The Morgan fingerprint density at radius 2 is 1.89 bits per heavy atom. The number of benzene rings is 1. The predicted octanol–water partition coefficient (Wildman–Crippen LogP) is 4.35. The normalized spacial score (nSPS) is 19.9. The molecule has 2 aliphatic heterocycles. The molecule has 192 valence electrons. The molecule has 1 saturated heterocycles. The monoisotopic (exact) mass is 507 g/mol. The molecule has 2 atom stereocenters. The number of carbonyl (C=O) groups excluding carboxylic acids is 1. The van der Waals surface area contributed by atoms with Gasteiger partial charge in [-0.1, -0.05) is 30.3 Å². The maximum Gasteiger partial charge on any atom is 0.230 e. The molecule has 0 bridgehead atoms. The molecule has 1 saturated carbocycles. The minimum absolute atomic E-state index is 0.0986. The number of nitrogens with zero attached hydrogens (tertiary/aromatic N) is 5. The Morgan fingerprint density at radius 1 is 1.05 bits per heavy atom. The molecule has 0 spiro atoms. The summed E-state index contributed by atoms with van der Waals surface area (Å²) < 4.78 is 2.01. The highest BCUT2D eigenvalue weighted by Crippen LogP contribution is 2.41. The molecule has 4 aromatic rings. The highest BCUT2D eigenvalue weighted by atomic mass is 16.3. The smallest absolute Gasteiger partial charge is 0.230 e. The van der Waals surface area contributed by atoms with Gasteiger partial charge in [0, 0.05) is 54.3 Å². The number of aromatic nitrogens is 4. The van der Waals surface area contributed by atoms with Crippen LogP contribution in [0.4, 0.5) is 11.6 Å². The van der Waals surface area contributed by atoms with E-state index in [1.807, 2.05) is 58.0 Å². The van der Waals surface area contributed by atoms with E-state index in [-0.39, 0.29) is 11.8 Å². The van der Waals surface area contributed by atoms with Crippen molar-refractivity contribution in [1.29, 1.82) is 0 Å². The Morgan fingerprint density at radius 3 is 2.71 bits per heavy atom. The topological polar surface area (TPSA) is 122 Å². The summed E-state index contributed by atoms with van der Waals surface area (Å²) in [4.78, 5) is 28.0. The fraction of sp³-hybridized carbons (Fsp3) is 0.310. The lowest BCUT2D eigenvalue weighted by molar-refractivity contribution is -0.127. The van der Waals surface area contributed by atoms with Gasteiger partial charge in [-0.3, -0.25) is 9.20 Å². The van der Waals surface area contributed by atoms with E-state index < -0.39 is 6.23 Å². The Bertz CT molecular complexity index is 1570. The zero-order chi connectivity index (χ0) is 25.8. The number of aliphatic hydroxyl groups is 1. The highest BCUT2D eigenvalue weighted by Gasteiger charge is 2.34. The molecule has 9 heteroatoms. The number of allylic oxidation sites excluding steroid dienone is 1. The summed E-state index contributed by atoms with van der Waals surface area (Å²) in [6.07, 6.45) is 11.2. The van der Waals surface area contributed by atoms with Gasteiger partial charge in [0.15, 0.2) is 6.23 Å². The second-order valence-electron chi connectivity index (χ2n) is 10.4. The number of carbonyl (C=O) groups is 1. The number of nitrogen functional groups attached to an aromatic ring is 1. The number of hydrogen-bond donors (Lipinski definition) is 3. The van der Waals surface area contributed by atoms with Crippen LogP contribution >= 0.6 is 0 Å². The van der Waals surface area contributed by atoms with Crippen LogP contribution in [0.3, 0.4) is 0 Å². The van der Waals surface area contributed by atoms with Gasteiger partial charge in [-0.25, -0.2) is 15.0 Å². The largest absolute Gasteiger partial charge is 0.382 e. The Hall–Kier alpha value is -4.24. The molecule has 1 aliphatic carbocycles. The van der Waals surface area contributed by atoms with Crippen LogP contribution in [0.5, 0.6) is 0 Å². The number of aliphatic hydroxyl groups excluding tert-OH is 1. The highest BCUT2D eigenvalue weighted by molar-refractivity contribution is 5.86. The van der Waals surface area contributed by atoms with Crippen molar-refractivity contribution in [3.8, 4) is 11.3 Å². The number of piperidine rings is 1. The second kappa shape index (κ2) is 8.95. The number of amides is 1. The average Bonchev–Trinajstić information content (AvgIpc) is 3.63. The lowest BCUT2D eigenvalue weighted by Gasteiger charge is -2.31. The SMILES string of the molecule is Nc1nccn2c(C3CCC4=CCC(=O)N4C3)nc(-c3ccc(C(O)Nc4cc(C5CC5)ccn4)cc3)c12. The summed E-state index contributed by atoms with van der Waals surface area (Å²) >= 11 is 0. The maximum atomic E-state index is 12.4. The van der Waals surface area contributed by atoms with Crippen molar-refractivity contribution >= 4 is 23.1 Å². The van der Waals surface area contributed by atoms with Crippen LogP contribution in [0.15, 0.2) is 66.8 Å². The standard InChI is InChI=1S/C29H29N7O2/c30-27-26-25(34-28(35(26)14-13-32-27)21-7-8-22-9-10-24(37)36(22)16-21)18-3-5-19(6-4-18)29(38)33-23-15-20(11-12-31-23)17-1-2-17/h3-6,9,11-15,17,21,29,38H,1-2,7-8,10,16H2,(H2,30,32)(H,31,33). The number of hydrogen-bond acceptors (Lipinski definition) is 7. The van der Waals surface area contributed by atoms with E-state index in [2.05, 4.69) is 15.3 Å². The van der Waals surface area contributed by atoms with Crippen molar-refractivity contribution in [2.24, 2.45) is 0 Å². The lowest BCUT2D eigenvalue weighted by Crippen LogP contribution is -2.34. The van der Waals surface area contributed by atoms with Crippen LogP contribution in [0.2, 0.25) is 0 Å². The minimum Gasteiger partial charge on any atom is -0.382 e. The van der Waals surface area contributed by atoms with Crippen molar-refractivity contribution in [3.63, 3.8) is 0 Å². The van der Waals surface area contributed by atoms with Crippen LogP contribution in [0, 0.1) is 0 Å². The van der Waals surface area contributed by atoms with E-state index in [1.54, 1.807) is 12.4 Å². The van der Waals surface area contributed by atoms with E-state index in [0.717, 1.165) is 46.7 Å². The molecule has 2 unspecified atom stereocenters. The average molecular weight is 508 g/mol. The predicted molar refractivity (Wildman–Crippen MR) is 144 cm³/mol. The quantitative estimate of drug-likeness (QED) is 0.332. The lowest BCUT2D eigenvalue weighted by atomic mass is 9.96. The fourth-order valence-corrected chi connectivity index (χ4v) is 5.71.